The van der Waals surface area contributed by atoms with Crippen LogP contribution in [0.5, 0.6) is 0 Å². The molecule has 0 aromatic carbocycles. The molecule has 82 heavy (non-hydrogen) atoms. The van der Waals surface area contributed by atoms with Gasteiger partial charge in [-0.1, -0.05) is 73.6 Å². The summed E-state index contributed by atoms with van der Waals surface area (Å²) in [5.41, 5.74) is -4.85. The van der Waals surface area contributed by atoms with E-state index in [9.17, 15) is 47.9 Å². The van der Waals surface area contributed by atoms with Crippen molar-refractivity contribution in [3.05, 3.63) is 17.8 Å². The van der Waals surface area contributed by atoms with Crippen LogP contribution in [0.1, 0.15) is 196 Å². The minimum atomic E-state index is -1.64. The fourth-order valence-electron chi connectivity index (χ4n) is 10.9. The standard InChI is InChI=1S/C59H100N12O11/c1-35(2)29-40(47(73)62-42(31-37(5)6)50(76)68-58(12,13)55(81)69-56(8,9)53(79)60-27-24-46(72)66-59(25-20-26-59)34-70(14)15)65-54(80)57(10,11)67-49(75)41(30-36(3)4)63-48(74)43(32-39-21-17-16-18-22-39)64-51(77)45-23-19-28-71(45)52(78)44-33-82-38(7)61-44/h33,35-37,39-43,45H,16-32,34H2,1-15H3,(H,60,79)(H,62,73)(H,63,74)(H,64,77)(H,65,80)(H,66,72)(H,67,75)(H,68,76)(H,69,81)/t40-,41-,42-,43-,45-/m0/s1. The zero-order valence-corrected chi connectivity index (χ0v) is 51.8. The number of nitrogens with zero attached hydrogens (tertiary/aromatic N) is 3. The highest BCUT2D eigenvalue weighted by Crippen LogP contribution is 2.32. The minimum absolute atomic E-state index is 0.0474. The predicted octanol–water partition coefficient (Wildman–Crippen LogP) is 3.43. The van der Waals surface area contributed by atoms with Gasteiger partial charge in [0, 0.05) is 33.0 Å². The van der Waals surface area contributed by atoms with Gasteiger partial charge in [0.2, 0.25) is 53.2 Å². The lowest BCUT2D eigenvalue weighted by molar-refractivity contribution is -0.139. The summed E-state index contributed by atoms with van der Waals surface area (Å²) in [4.78, 5) is 146. The molecule has 3 fully saturated rings. The second kappa shape index (κ2) is 29.9. The number of rotatable bonds is 30. The first-order chi connectivity index (χ1) is 38.1. The maximum Gasteiger partial charge on any atom is 0.276 e. The molecule has 1 aromatic rings. The first kappa shape index (κ1) is 68.4. The molecule has 10 amide bonds. The second-order valence-electron chi connectivity index (χ2n) is 26.5. The fraction of sp³-hybridized carbons (Fsp3) is 0.780. The Morgan fingerprint density at radius 3 is 1.63 bits per heavy atom. The Labute approximate surface area is 486 Å². The summed E-state index contributed by atoms with van der Waals surface area (Å²) >= 11 is 0. The third kappa shape index (κ3) is 20.6. The summed E-state index contributed by atoms with van der Waals surface area (Å²) in [7, 11) is 3.91. The van der Waals surface area contributed by atoms with Gasteiger partial charge in [0.25, 0.3) is 5.91 Å². The molecule has 2 saturated carbocycles. The summed E-state index contributed by atoms with van der Waals surface area (Å²) in [6.45, 7) is 22.9. The van der Waals surface area contributed by atoms with Gasteiger partial charge in [0.05, 0.1) is 5.54 Å². The van der Waals surface area contributed by atoms with Gasteiger partial charge >= 0.3 is 0 Å². The molecule has 0 unspecified atom stereocenters. The smallest absolute Gasteiger partial charge is 0.276 e. The topological polar surface area (TPSA) is 311 Å². The molecule has 0 spiro atoms. The Morgan fingerprint density at radius 2 is 1.15 bits per heavy atom. The highest BCUT2D eigenvalue weighted by molar-refractivity contribution is 6.00. The average molecular weight is 1150 g/mol. The molecule has 2 aliphatic carbocycles. The van der Waals surface area contributed by atoms with Crippen molar-refractivity contribution in [2.45, 2.75) is 239 Å². The lowest BCUT2D eigenvalue weighted by atomic mass is 9.76. The second-order valence-corrected chi connectivity index (χ2v) is 26.5. The molecule has 23 nitrogen and oxygen atoms in total. The van der Waals surface area contributed by atoms with Crippen LogP contribution in [-0.2, 0) is 43.2 Å². The van der Waals surface area contributed by atoms with Crippen molar-refractivity contribution in [3.8, 4) is 0 Å². The van der Waals surface area contributed by atoms with Crippen molar-refractivity contribution in [2.24, 2.45) is 23.7 Å². The van der Waals surface area contributed by atoms with Crippen LogP contribution in [0.2, 0.25) is 0 Å². The predicted molar refractivity (Wildman–Crippen MR) is 310 cm³/mol. The van der Waals surface area contributed by atoms with Gasteiger partial charge in [-0.05, 0) is 137 Å². The lowest BCUT2D eigenvalue weighted by Gasteiger charge is -2.44. The molecule has 0 bridgehead atoms. The quantitative estimate of drug-likeness (QED) is 0.0534. The fourth-order valence-corrected chi connectivity index (χ4v) is 10.9. The molecular formula is C59H100N12O11. The van der Waals surface area contributed by atoms with E-state index in [0.29, 0.717) is 31.7 Å². The number of hydrogen-bond acceptors (Lipinski definition) is 13. The van der Waals surface area contributed by atoms with Gasteiger partial charge in [-0.3, -0.25) is 47.9 Å². The average Bonchev–Trinajstić information content (AvgIpc) is 4.10. The number of likely N-dealkylation sites (tertiary alicyclic amines) is 1. The van der Waals surface area contributed by atoms with Crippen LogP contribution in [0, 0.1) is 30.6 Å². The Bertz CT molecular complexity index is 2410. The Morgan fingerprint density at radius 1 is 0.634 bits per heavy atom. The molecule has 3 aliphatic rings. The van der Waals surface area contributed by atoms with E-state index in [-0.39, 0.29) is 73.0 Å². The summed E-state index contributed by atoms with van der Waals surface area (Å²) in [5.74, 6) is -5.49. The van der Waals surface area contributed by atoms with Crippen molar-refractivity contribution >= 4 is 59.1 Å². The van der Waals surface area contributed by atoms with Crippen LogP contribution in [0.4, 0.5) is 0 Å². The first-order valence-corrected chi connectivity index (χ1v) is 29.8. The van der Waals surface area contributed by atoms with Crippen LogP contribution in [0.15, 0.2) is 10.7 Å². The molecule has 4 rings (SSSR count). The van der Waals surface area contributed by atoms with Gasteiger partial charge < -0.3 is 62.1 Å². The summed E-state index contributed by atoms with van der Waals surface area (Å²) in [5, 5.41) is 25.5. The van der Waals surface area contributed by atoms with Crippen molar-refractivity contribution in [3.63, 3.8) is 0 Å². The zero-order valence-electron chi connectivity index (χ0n) is 51.8. The molecule has 2 heterocycles. The number of carbonyl (C=O) groups is 10. The highest BCUT2D eigenvalue weighted by atomic mass is 16.3. The van der Waals surface area contributed by atoms with E-state index in [1.54, 1.807) is 6.92 Å². The lowest BCUT2D eigenvalue weighted by Crippen LogP contribution is -2.65. The van der Waals surface area contributed by atoms with Gasteiger partial charge in [-0.25, -0.2) is 4.98 Å². The number of oxazole rings is 1. The maximum absolute atomic E-state index is 14.4. The molecule has 9 N–H and O–H groups in total. The summed E-state index contributed by atoms with van der Waals surface area (Å²) < 4.78 is 5.25. The van der Waals surface area contributed by atoms with Crippen molar-refractivity contribution in [1.82, 2.24) is 62.6 Å². The molecule has 1 aliphatic heterocycles. The molecule has 462 valence electrons. The van der Waals surface area contributed by atoms with Crippen LogP contribution in [0.3, 0.4) is 0 Å². The van der Waals surface area contributed by atoms with E-state index in [1.807, 2.05) is 60.5 Å². The highest BCUT2D eigenvalue weighted by Gasteiger charge is 2.43. The maximum atomic E-state index is 14.4. The van der Waals surface area contributed by atoms with E-state index in [1.165, 1.54) is 52.7 Å². The third-order valence-electron chi connectivity index (χ3n) is 15.6. The minimum Gasteiger partial charge on any atom is -0.448 e. The van der Waals surface area contributed by atoms with E-state index >= 15 is 0 Å². The molecule has 0 radical (unpaired) electrons. The molecule has 1 aromatic heterocycles. The van der Waals surface area contributed by atoms with Gasteiger partial charge in [-0.15, -0.1) is 0 Å². The van der Waals surface area contributed by atoms with Crippen LogP contribution >= 0.6 is 0 Å². The van der Waals surface area contributed by atoms with Gasteiger partial charge in [-0.2, -0.15) is 0 Å². The largest absolute Gasteiger partial charge is 0.448 e. The van der Waals surface area contributed by atoms with E-state index in [4.69, 9.17) is 4.42 Å². The zero-order chi connectivity index (χ0) is 61.5. The van der Waals surface area contributed by atoms with Gasteiger partial charge in [0.1, 0.15) is 53.1 Å². The van der Waals surface area contributed by atoms with E-state index in [0.717, 1.165) is 57.9 Å². The first-order valence-electron chi connectivity index (χ1n) is 29.8. The Kier molecular flexibility index (Phi) is 24.9. The molecule has 23 heteroatoms. The number of carbonyl (C=O) groups excluding carboxylic acids is 10. The third-order valence-corrected chi connectivity index (χ3v) is 15.6. The van der Waals surface area contributed by atoms with Crippen LogP contribution in [0.25, 0.3) is 0 Å². The van der Waals surface area contributed by atoms with E-state index in [2.05, 4.69) is 52.8 Å². The van der Waals surface area contributed by atoms with Gasteiger partial charge in [0.15, 0.2) is 11.6 Å². The number of aromatic nitrogens is 1. The van der Waals surface area contributed by atoms with E-state index < -0.39 is 100.0 Å². The SMILES string of the molecule is Cc1nc(C(=O)N2CCC[C@H]2C(=O)N[C@@H](CC2CCCCC2)C(=O)N[C@@H](CC(C)C)C(=O)NC(C)(C)C(=O)N[C@@H](CC(C)C)C(=O)N[C@@H](CC(C)C)C(=O)NC(C)(C)C(=O)NC(C)(C)C(=O)NCCC(=O)NC2(CN(C)C)CCC2)co1. The monoisotopic (exact) mass is 1150 g/mol. The Balaban J connectivity index is 1.41. The van der Waals surface area contributed by atoms with Crippen molar-refractivity contribution in [2.75, 3.05) is 33.7 Å². The number of hydrogen-bond donors (Lipinski definition) is 9. The molecule has 5 atom stereocenters. The van der Waals surface area contributed by atoms with Crippen LogP contribution < -0.4 is 47.9 Å². The molecular weight excluding hydrogens is 1050 g/mol. The molecule has 1 saturated heterocycles. The number of likely N-dealkylation sites (N-methyl/N-ethyl adjacent to an activating group) is 1. The normalized spacial score (nSPS) is 18.1. The van der Waals surface area contributed by atoms with Crippen molar-refractivity contribution in [1.29, 1.82) is 0 Å². The number of aryl methyl sites for hydroxylation is 1. The summed E-state index contributed by atoms with van der Waals surface area (Å²) in [6.07, 6.45) is 10.7. The van der Waals surface area contributed by atoms with Crippen LogP contribution in [-0.4, -0.2) is 160 Å². The number of amides is 10. The number of nitrogens with one attached hydrogen (secondary N) is 9. The summed E-state index contributed by atoms with van der Waals surface area (Å²) in [6, 6.07) is -5.33. The Hall–Kier alpha value is -6.13. The van der Waals surface area contributed by atoms with Crippen molar-refractivity contribution < 1.29 is 52.4 Å².